The van der Waals surface area contributed by atoms with Crippen LogP contribution in [0, 0.1) is 11.2 Å². The predicted octanol–water partition coefficient (Wildman–Crippen LogP) is 7.22. The summed E-state index contributed by atoms with van der Waals surface area (Å²) >= 11 is 0. The lowest BCUT2D eigenvalue weighted by Gasteiger charge is -2.35. The number of rotatable bonds is 6. The average molecular weight is 495 g/mol. The summed E-state index contributed by atoms with van der Waals surface area (Å²) in [5.74, 6) is 1.03. The van der Waals surface area contributed by atoms with Gasteiger partial charge in [0.25, 0.3) is 0 Å². The first kappa shape index (κ1) is 24.6. The van der Waals surface area contributed by atoms with Gasteiger partial charge in [-0.3, -0.25) is 0 Å². The van der Waals surface area contributed by atoms with Gasteiger partial charge in [-0.1, -0.05) is 57.2 Å². The van der Waals surface area contributed by atoms with Crippen molar-refractivity contribution in [3.05, 3.63) is 113 Å². The highest BCUT2D eigenvalue weighted by Gasteiger charge is 2.33. The van der Waals surface area contributed by atoms with E-state index < -0.39 is 0 Å². The van der Waals surface area contributed by atoms with E-state index in [1.807, 2.05) is 24.3 Å². The summed E-state index contributed by atoms with van der Waals surface area (Å²) in [5.41, 5.74) is 11.9. The van der Waals surface area contributed by atoms with Gasteiger partial charge >= 0.3 is 0 Å². The zero-order valence-corrected chi connectivity index (χ0v) is 21.4. The Bertz CT molecular complexity index is 1490. The normalized spacial score (nSPS) is 15.0. The van der Waals surface area contributed by atoms with Crippen molar-refractivity contribution in [2.24, 2.45) is 5.41 Å². The summed E-state index contributed by atoms with van der Waals surface area (Å²) in [5, 5.41) is 0.774. The van der Waals surface area contributed by atoms with E-state index in [2.05, 4.69) is 66.1 Å². The molecule has 2 heterocycles. The van der Waals surface area contributed by atoms with Crippen LogP contribution >= 0.6 is 0 Å². The third-order valence-corrected chi connectivity index (χ3v) is 6.69. The van der Waals surface area contributed by atoms with Gasteiger partial charge in [0.15, 0.2) is 0 Å². The lowest BCUT2D eigenvalue weighted by Crippen LogP contribution is -2.22. The maximum atomic E-state index is 13.5. The fourth-order valence-electron chi connectivity index (χ4n) is 5.09. The van der Waals surface area contributed by atoms with Gasteiger partial charge in [-0.15, -0.1) is 0 Å². The first-order chi connectivity index (χ1) is 17.8. The third kappa shape index (κ3) is 5.53. The molecule has 1 atom stereocenters. The van der Waals surface area contributed by atoms with Crippen LogP contribution < -0.4 is 5.73 Å². The second-order valence-electron chi connectivity index (χ2n) is 10.5. The molecule has 2 aromatic carbocycles. The molecule has 0 fully saturated rings. The monoisotopic (exact) mass is 494 g/mol. The molecule has 0 aliphatic heterocycles. The minimum atomic E-state index is -0.266. The number of allylic oxidation sites excluding steroid dienone is 4. The molecule has 0 amide bonds. The number of aromatic nitrogens is 3. The van der Waals surface area contributed by atoms with Crippen molar-refractivity contribution >= 4 is 22.4 Å². The molecule has 1 aliphatic carbocycles. The molecule has 0 saturated heterocycles. The number of benzene rings is 2. The molecule has 37 heavy (non-hydrogen) atoms. The van der Waals surface area contributed by atoms with Crippen molar-refractivity contribution in [2.45, 2.75) is 46.1 Å². The van der Waals surface area contributed by atoms with E-state index in [1.165, 1.54) is 23.3 Å². The molecule has 188 valence electrons. The maximum absolute atomic E-state index is 13.5. The Hall–Kier alpha value is -4.06. The smallest absolute Gasteiger partial charge is 0.220 e. The predicted molar refractivity (Wildman–Crippen MR) is 146 cm³/mol. The third-order valence-electron chi connectivity index (χ3n) is 6.69. The molecule has 2 N–H and O–H groups in total. The van der Waals surface area contributed by atoms with Crippen molar-refractivity contribution in [1.82, 2.24) is 15.0 Å². The number of anilines is 1. The first-order valence-electron chi connectivity index (χ1n) is 12.5. The molecular formula is C31H31FN4O. The van der Waals surface area contributed by atoms with Crippen LogP contribution in [0.2, 0.25) is 0 Å². The summed E-state index contributed by atoms with van der Waals surface area (Å²) in [6.07, 6.45) is 5.41. The summed E-state index contributed by atoms with van der Waals surface area (Å²) in [4.78, 5) is 13.3. The van der Waals surface area contributed by atoms with E-state index in [9.17, 15) is 4.39 Å². The van der Waals surface area contributed by atoms with Crippen molar-refractivity contribution in [2.75, 3.05) is 5.73 Å². The number of halogens is 1. The zero-order chi connectivity index (χ0) is 26.0. The largest absolute Gasteiger partial charge is 0.492 e. The molecule has 5 rings (SSSR count). The molecule has 0 saturated carbocycles. The van der Waals surface area contributed by atoms with E-state index in [-0.39, 0.29) is 23.1 Å². The van der Waals surface area contributed by atoms with Gasteiger partial charge in [0.05, 0.1) is 22.7 Å². The van der Waals surface area contributed by atoms with Crippen molar-refractivity contribution in [1.29, 1.82) is 0 Å². The van der Waals surface area contributed by atoms with E-state index in [1.54, 1.807) is 12.3 Å². The van der Waals surface area contributed by atoms with Gasteiger partial charge in [0, 0.05) is 23.9 Å². The Labute approximate surface area is 216 Å². The van der Waals surface area contributed by atoms with Crippen LogP contribution in [0.3, 0.4) is 0 Å². The second kappa shape index (κ2) is 10.1. The quantitative estimate of drug-likeness (QED) is 0.306. The van der Waals surface area contributed by atoms with Crippen LogP contribution in [0.25, 0.3) is 16.5 Å². The highest BCUT2D eigenvalue weighted by atomic mass is 19.1. The molecule has 0 bridgehead atoms. The summed E-state index contributed by atoms with van der Waals surface area (Å²) < 4.78 is 19.8. The molecule has 5 nitrogen and oxygen atoms in total. The van der Waals surface area contributed by atoms with Crippen molar-refractivity contribution in [3.8, 4) is 0 Å². The molecular weight excluding hydrogens is 463 g/mol. The van der Waals surface area contributed by atoms with Gasteiger partial charge in [-0.05, 0) is 65.0 Å². The Kier molecular flexibility index (Phi) is 6.74. The molecule has 1 unspecified atom stereocenters. The van der Waals surface area contributed by atoms with E-state index in [0.717, 1.165) is 46.5 Å². The first-order valence-corrected chi connectivity index (χ1v) is 12.5. The van der Waals surface area contributed by atoms with Gasteiger partial charge in [0.1, 0.15) is 12.4 Å². The minimum Gasteiger partial charge on any atom is -0.492 e. The summed E-state index contributed by atoms with van der Waals surface area (Å²) in [7, 11) is 0. The second-order valence-corrected chi connectivity index (χ2v) is 10.5. The van der Waals surface area contributed by atoms with Gasteiger partial charge < -0.3 is 10.5 Å². The number of hydrogen-bond acceptors (Lipinski definition) is 5. The maximum Gasteiger partial charge on any atom is 0.220 e. The van der Waals surface area contributed by atoms with E-state index in [4.69, 9.17) is 10.5 Å². The van der Waals surface area contributed by atoms with Crippen molar-refractivity contribution < 1.29 is 9.13 Å². The Morgan fingerprint density at radius 1 is 0.973 bits per heavy atom. The van der Waals surface area contributed by atoms with Crippen LogP contribution in [0.4, 0.5) is 10.3 Å². The van der Waals surface area contributed by atoms with Crippen LogP contribution in [-0.4, -0.2) is 15.0 Å². The van der Waals surface area contributed by atoms with Crippen molar-refractivity contribution in [3.63, 3.8) is 0 Å². The minimum absolute atomic E-state index is 0.0609. The van der Waals surface area contributed by atoms with E-state index in [0.29, 0.717) is 6.61 Å². The molecule has 4 aromatic rings. The van der Waals surface area contributed by atoms with Gasteiger partial charge in [0.2, 0.25) is 5.95 Å². The van der Waals surface area contributed by atoms with Gasteiger partial charge in [-0.2, -0.15) is 0 Å². The fourth-order valence-corrected chi connectivity index (χ4v) is 5.09. The topological polar surface area (TPSA) is 73.9 Å². The summed E-state index contributed by atoms with van der Waals surface area (Å²) in [6.45, 7) is 7.12. The number of hydrogen-bond donors (Lipinski definition) is 1. The lowest BCUT2D eigenvalue weighted by molar-refractivity contribution is 0.185. The number of pyridine rings is 1. The van der Waals surface area contributed by atoms with Crippen LogP contribution in [0.15, 0.2) is 90.3 Å². The lowest BCUT2D eigenvalue weighted by atomic mass is 9.69. The Morgan fingerprint density at radius 3 is 2.54 bits per heavy atom. The Balaban J connectivity index is 1.52. The van der Waals surface area contributed by atoms with Crippen LogP contribution in [-0.2, 0) is 11.3 Å². The fraction of sp³-hybridized carbons (Fsp3) is 0.258. The van der Waals surface area contributed by atoms with Gasteiger partial charge in [-0.25, -0.2) is 19.3 Å². The van der Waals surface area contributed by atoms with Crippen LogP contribution in [0.5, 0.6) is 0 Å². The number of fused-ring (bicyclic) bond motifs is 1. The standard InChI is InChI=1S/C31H31FN4O/c1-31(2,3)29(20-7-5-4-6-8-20)26-18-24(12-13-25(26)28-15-16-34-30(33)36-28)37-19-23-11-9-21-17-22(32)10-14-27(21)35-23/h4-11,14-18,29H,12-13,19H2,1-3H3,(H2,33,34,36). The highest BCUT2D eigenvalue weighted by molar-refractivity contribution is 5.78. The molecule has 0 radical (unpaired) electrons. The molecule has 2 aromatic heterocycles. The molecule has 0 spiro atoms. The number of nitrogen functional groups attached to an aromatic ring is 1. The Morgan fingerprint density at radius 2 is 1.78 bits per heavy atom. The number of ether oxygens (including phenoxy) is 1. The zero-order valence-electron chi connectivity index (χ0n) is 21.4. The average Bonchev–Trinajstić information content (AvgIpc) is 2.87. The number of nitrogens with zero attached hydrogens (tertiary/aromatic N) is 3. The van der Waals surface area contributed by atoms with E-state index >= 15 is 0 Å². The number of nitrogens with two attached hydrogens (primary N) is 1. The SMILES string of the molecule is CC(C)(C)C(C1=C(c2ccnc(N)n2)CCC(OCc2ccc3cc(F)ccc3n2)=C1)c1ccccc1. The van der Waals surface area contributed by atoms with Crippen LogP contribution in [0.1, 0.15) is 56.5 Å². The highest BCUT2D eigenvalue weighted by Crippen LogP contribution is 2.47. The molecule has 1 aliphatic rings. The summed E-state index contributed by atoms with van der Waals surface area (Å²) in [6, 6.07) is 20.9. The molecule has 6 heteroatoms.